The molecule has 0 spiro atoms. The lowest BCUT2D eigenvalue weighted by Crippen LogP contribution is -2.29. The van der Waals surface area contributed by atoms with E-state index in [1.807, 2.05) is 13.0 Å². The van der Waals surface area contributed by atoms with Gasteiger partial charge in [0.05, 0.1) is 23.1 Å². The van der Waals surface area contributed by atoms with Crippen molar-refractivity contribution in [2.75, 3.05) is 0 Å². The van der Waals surface area contributed by atoms with Crippen LogP contribution < -0.4 is 5.32 Å². The standard InChI is InChI=1S/C24H22ClN7O/c1-14(29-23(33)17-8-18(10-19(25)9-17)24(2,3)13-27)22-30-21(16-5-6-16)31-32(22)20-7-4-15(11-26)12-28-20/h4,7-10,12,14,16H,5-6H2,1-3H3,(H,29,33)/t14-/m0/s1. The van der Waals surface area contributed by atoms with Gasteiger partial charge in [0.15, 0.2) is 17.5 Å². The van der Waals surface area contributed by atoms with E-state index in [9.17, 15) is 10.1 Å². The number of nitrogens with one attached hydrogen (secondary N) is 1. The molecular formula is C24H22ClN7O. The molecule has 1 atom stereocenters. The number of hydrogen-bond donors (Lipinski definition) is 1. The Morgan fingerprint density at radius 3 is 2.64 bits per heavy atom. The van der Waals surface area contributed by atoms with Crippen molar-refractivity contribution in [2.24, 2.45) is 0 Å². The summed E-state index contributed by atoms with van der Waals surface area (Å²) in [4.78, 5) is 22.1. The summed E-state index contributed by atoms with van der Waals surface area (Å²) in [5.74, 6) is 1.76. The number of carbonyl (C=O) groups is 1. The van der Waals surface area contributed by atoms with E-state index in [0.717, 1.165) is 18.7 Å². The second-order valence-corrected chi connectivity index (χ2v) is 9.13. The van der Waals surface area contributed by atoms with E-state index >= 15 is 0 Å². The first-order chi connectivity index (χ1) is 15.7. The molecule has 2 heterocycles. The third-order valence-corrected chi connectivity index (χ3v) is 5.80. The molecular weight excluding hydrogens is 438 g/mol. The van der Waals surface area contributed by atoms with Crippen LogP contribution in [0.15, 0.2) is 36.5 Å². The molecule has 1 amide bonds. The van der Waals surface area contributed by atoms with Gasteiger partial charge >= 0.3 is 0 Å². The zero-order valence-corrected chi connectivity index (χ0v) is 19.3. The van der Waals surface area contributed by atoms with Crippen molar-refractivity contribution in [3.63, 3.8) is 0 Å². The summed E-state index contributed by atoms with van der Waals surface area (Å²) in [5, 5.41) is 26.5. The van der Waals surface area contributed by atoms with Crippen molar-refractivity contribution in [2.45, 2.75) is 51.0 Å². The number of benzene rings is 1. The molecule has 1 aromatic carbocycles. The average Bonchev–Trinajstić information content (AvgIpc) is 3.56. The Bertz CT molecular complexity index is 1290. The van der Waals surface area contributed by atoms with Crippen LogP contribution in [-0.2, 0) is 5.41 Å². The lowest BCUT2D eigenvalue weighted by Gasteiger charge is -2.18. The van der Waals surface area contributed by atoms with Crippen LogP contribution in [0, 0.1) is 22.7 Å². The number of hydrogen-bond acceptors (Lipinski definition) is 6. The summed E-state index contributed by atoms with van der Waals surface area (Å²) in [5.41, 5.74) is 0.682. The smallest absolute Gasteiger partial charge is 0.251 e. The van der Waals surface area contributed by atoms with Crippen molar-refractivity contribution < 1.29 is 4.79 Å². The van der Waals surface area contributed by atoms with Crippen LogP contribution in [-0.4, -0.2) is 25.7 Å². The van der Waals surface area contributed by atoms with Crippen LogP contribution in [0.25, 0.3) is 5.82 Å². The number of aromatic nitrogens is 4. The molecule has 0 radical (unpaired) electrons. The SMILES string of the molecule is C[C@H](NC(=O)c1cc(Cl)cc(C(C)(C)C#N)c1)c1nc(C2CC2)nn1-c1ccc(C#N)cn1. The Kier molecular flexibility index (Phi) is 5.88. The van der Waals surface area contributed by atoms with Gasteiger partial charge in [0.2, 0.25) is 0 Å². The van der Waals surface area contributed by atoms with Gasteiger partial charge in [0, 0.05) is 22.7 Å². The van der Waals surface area contributed by atoms with Gasteiger partial charge in [-0.2, -0.15) is 15.2 Å². The largest absolute Gasteiger partial charge is 0.342 e. The van der Waals surface area contributed by atoms with E-state index < -0.39 is 11.5 Å². The second-order valence-electron chi connectivity index (χ2n) is 8.69. The molecule has 1 saturated carbocycles. The van der Waals surface area contributed by atoms with Gasteiger partial charge in [0.1, 0.15) is 6.07 Å². The molecule has 33 heavy (non-hydrogen) atoms. The topological polar surface area (TPSA) is 120 Å². The van der Waals surface area contributed by atoms with Crippen LogP contribution in [0.5, 0.6) is 0 Å². The molecule has 0 bridgehead atoms. The Morgan fingerprint density at radius 1 is 1.27 bits per heavy atom. The molecule has 4 rings (SSSR count). The number of halogens is 1. The zero-order valence-electron chi connectivity index (χ0n) is 18.5. The highest BCUT2D eigenvalue weighted by Crippen LogP contribution is 2.38. The summed E-state index contributed by atoms with van der Waals surface area (Å²) in [7, 11) is 0. The average molecular weight is 460 g/mol. The van der Waals surface area contributed by atoms with Crippen molar-refractivity contribution in [1.29, 1.82) is 10.5 Å². The highest BCUT2D eigenvalue weighted by Gasteiger charge is 2.31. The molecule has 3 aromatic rings. The quantitative estimate of drug-likeness (QED) is 0.584. The van der Waals surface area contributed by atoms with Crippen molar-refractivity contribution in [3.05, 3.63) is 69.9 Å². The predicted octanol–water partition coefficient (Wildman–Crippen LogP) is 4.36. The Morgan fingerprint density at radius 2 is 2.03 bits per heavy atom. The van der Waals surface area contributed by atoms with Crippen LogP contribution >= 0.6 is 11.6 Å². The molecule has 0 unspecified atom stereocenters. The fourth-order valence-electron chi connectivity index (χ4n) is 3.37. The number of nitriles is 2. The van der Waals surface area contributed by atoms with Crippen molar-refractivity contribution in [3.8, 4) is 18.0 Å². The van der Waals surface area contributed by atoms with E-state index in [0.29, 0.717) is 39.3 Å². The van der Waals surface area contributed by atoms with Gasteiger partial charge in [0.25, 0.3) is 5.91 Å². The second kappa shape index (κ2) is 8.65. The fourth-order valence-corrected chi connectivity index (χ4v) is 3.61. The van der Waals surface area contributed by atoms with E-state index in [4.69, 9.17) is 16.9 Å². The molecule has 0 saturated heterocycles. The molecule has 1 fully saturated rings. The minimum atomic E-state index is -0.786. The Labute approximate surface area is 196 Å². The van der Waals surface area contributed by atoms with Gasteiger partial charge < -0.3 is 5.32 Å². The Hall–Kier alpha value is -3.75. The van der Waals surface area contributed by atoms with Crippen molar-refractivity contribution >= 4 is 17.5 Å². The van der Waals surface area contributed by atoms with E-state index in [1.54, 1.807) is 48.9 Å². The monoisotopic (exact) mass is 459 g/mol. The number of nitrogens with zero attached hydrogens (tertiary/aromatic N) is 6. The van der Waals surface area contributed by atoms with Crippen molar-refractivity contribution in [1.82, 2.24) is 25.1 Å². The van der Waals surface area contributed by atoms with Crippen LogP contribution in [0.4, 0.5) is 0 Å². The molecule has 166 valence electrons. The Balaban J connectivity index is 1.64. The molecule has 2 aromatic heterocycles. The van der Waals surface area contributed by atoms with E-state index in [2.05, 4.69) is 26.5 Å². The molecule has 1 N–H and O–H groups in total. The van der Waals surface area contributed by atoms with E-state index in [1.165, 1.54) is 6.20 Å². The zero-order chi connectivity index (χ0) is 23.8. The van der Waals surface area contributed by atoms with Gasteiger partial charge in [-0.3, -0.25) is 4.79 Å². The number of carbonyl (C=O) groups excluding carboxylic acids is 1. The highest BCUT2D eigenvalue weighted by molar-refractivity contribution is 6.31. The first kappa shape index (κ1) is 22.4. The van der Waals surface area contributed by atoms with Crippen LogP contribution in [0.3, 0.4) is 0 Å². The summed E-state index contributed by atoms with van der Waals surface area (Å²) in [6.07, 6.45) is 3.54. The molecule has 0 aliphatic heterocycles. The summed E-state index contributed by atoms with van der Waals surface area (Å²) >= 11 is 6.24. The lowest BCUT2D eigenvalue weighted by molar-refractivity contribution is 0.0937. The molecule has 1 aliphatic carbocycles. The van der Waals surface area contributed by atoms with Gasteiger partial charge in [-0.05, 0) is 69.5 Å². The first-order valence-corrected chi connectivity index (χ1v) is 11.0. The third-order valence-electron chi connectivity index (χ3n) is 5.58. The van der Waals surface area contributed by atoms with Crippen LogP contribution in [0.2, 0.25) is 5.02 Å². The van der Waals surface area contributed by atoms with E-state index in [-0.39, 0.29) is 5.91 Å². The van der Waals surface area contributed by atoms with Crippen LogP contribution in [0.1, 0.15) is 78.7 Å². The summed E-state index contributed by atoms with van der Waals surface area (Å²) in [6, 6.07) is 12.1. The number of amides is 1. The number of pyridine rings is 1. The molecule has 1 aliphatic rings. The van der Waals surface area contributed by atoms with Gasteiger partial charge in [-0.1, -0.05) is 11.6 Å². The first-order valence-electron chi connectivity index (χ1n) is 10.6. The maximum atomic E-state index is 13.1. The third kappa shape index (κ3) is 4.72. The molecule has 9 heteroatoms. The highest BCUT2D eigenvalue weighted by atomic mass is 35.5. The summed E-state index contributed by atoms with van der Waals surface area (Å²) < 4.78 is 1.61. The van der Waals surface area contributed by atoms with Gasteiger partial charge in [-0.25, -0.2) is 9.97 Å². The number of rotatable bonds is 6. The summed E-state index contributed by atoms with van der Waals surface area (Å²) in [6.45, 7) is 5.37. The molecule has 8 nitrogen and oxygen atoms in total. The minimum Gasteiger partial charge on any atom is -0.342 e. The fraction of sp³-hybridized carbons (Fsp3) is 0.333. The predicted molar refractivity (Wildman–Crippen MR) is 122 cm³/mol. The lowest BCUT2D eigenvalue weighted by atomic mass is 9.85. The minimum absolute atomic E-state index is 0.315. The normalized spacial score (nSPS) is 14.2. The maximum absolute atomic E-state index is 13.1. The maximum Gasteiger partial charge on any atom is 0.251 e. The van der Waals surface area contributed by atoms with Gasteiger partial charge in [-0.15, -0.1) is 5.10 Å².